The molecule has 0 saturated carbocycles. The van der Waals surface area contributed by atoms with Gasteiger partial charge in [-0.05, 0) is 60.8 Å². The van der Waals surface area contributed by atoms with Crippen LogP contribution in [0.15, 0.2) is 42.5 Å². The van der Waals surface area contributed by atoms with Crippen LogP contribution >= 0.6 is 0 Å². The number of nitrogens with zero attached hydrogens (tertiary/aromatic N) is 2. The van der Waals surface area contributed by atoms with Gasteiger partial charge in [-0.2, -0.15) is 0 Å². The Kier molecular flexibility index (Phi) is 7.01. The maximum atomic E-state index is 12.4. The first-order valence-corrected chi connectivity index (χ1v) is 10.9. The summed E-state index contributed by atoms with van der Waals surface area (Å²) in [4.78, 5) is 29.4. The Labute approximate surface area is 185 Å². The molecule has 2 amide bonds. The van der Waals surface area contributed by atoms with Crippen molar-refractivity contribution in [3.8, 4) is 0 Å². The lowest BCUT2D eigenvalue weighted by molar-refractivity contribution is -0.115. The van der Waals surface area contributed by atoms with Gasteiger partial charge < -0.3 is 20.4 Å². The van der Waals surface area contributed by atoms with Gasteiger partial charge in [-0.25, -0.2) is 0 Å². The Morgan fingerprint density at radius 1 is 0.968 bits per heavy atom. The average molecular weight is 423 g/mol. The highest BCUT2D eigenvalue weighted by atomic mass is 16.2. The molecule has 0 unspecified atom stereocenters. The highest BCUT2D eigenvalue weighted by molar-refractivity contribution is 5.99. The summed E-state index contributed by atoms with van der Waals surface area (Å²) in [5.41, 5.74) is 4.70. The first kappa shape index (κ1) is 22.8. The van der Waals surface area contributed by atoms with Gasteiger partial charge in [0.25, 0.3) is 5.91 Å². The van der Waals surface area contributed by atoms with Gasteiger partial charge >= 0.3 is 0 Å². The molecule has 1 aliphatic heterocycles. The highest BCUT2D eigenvalue weighted by Gasteiger charge is 2.16. The second-order valence-corrected chi connectivity index (χ2v) is 9.35. The molecular weight excluding hydrogens is 388 g/mol. The lowest BCUT2D eigenvalue weighted by Crippen LogP contribution is -2.44. The minimum Gasteiger partial charge on any atom is -0.369 e. The average Bonchev–Trinajstić information content (AvgIpc) is 2.73. The van der Waals surface area contributed by atoms with Gasteiger partial charge in [-0.1, -0.05) is 32.9 Å². The molecule has 6 heteroatoms. The second-order valence-electron chi connectivity index (χ2n) is 9.35. The van der Waals surface area contributed by atoms with Crippen LogP contribution < -0.4 is 15.5 Å². The lowest BCUT2D eigenvalue weighted by atomic mass is 9.87. The topological polar surface area (TPSA) is 64.7 Å². The first-order valence-electron chi connectivity index (χ1n) is 10.9. The molecule has 0 spiro atoms. The summed E-state index contributed by atoms with van der Waals surface area (Å²) in [6, 6.07) is 13.6. The number of carbonyl (C=O) groups excluding carboxylic acids is 2. The van der Waals surface area contributed by atoms with Crippen LogP contribution in [0.4, 0.5) is 11.4 Å². The fraction of sp³-hybridized carbons (Fsp3) is 0.440. The number of piperazine rings is 1. The Hall–Kier alpha value is -2.86. The van der Waals surface area contributed by atoms with Crippen LogP contribution in [0.1, 0.15) is 42.3 Å². The summed E-state index contributed by atoms with van der Waals surface area (Å²) in [5, 5.41) is 5.60. The van der Waals surface area contributed by atoms with Gasteiger partial charge in [0.15, 0.2) is 0 Å². The van der Waals surface area contributed by atoms with Crippen molar-refractivity contribution in [2.24, 2.45) is 0 Å². The molecule has 2 aromatic carbocycles. The third kappa shape index (κ3) is 6.07. The molecule has 2 aromatic rings. The van der Waals surface area contributed by atoms with Crippen molar-refractivity contribution in [2.75, 3.05) is 50.0 Å². The first-order chi connectivity index (χ1) is 14.6. The molecule has 0 radical (unpaired) electrons. The van der Waals surface area contributed by atoms with E-state index in [0.717, 1.165) is 43.0 Å². The number of hydrogen-bond donors (Lipinski definition) is 2. The van der Waals surface area contributed by atoms with Crippen molar-refractivity contribution >= 4 is 23.2 Å². The van der Waals surface area contributed by atoms with Gasteiger partial charge in [0, 0.05) is 43.1 Å². The van der Waals surface area contributed by atoms with Crippen LogP contribution in [0.5, 0.6) is 0 Å². The minimum absolute atomic E-state index is 0.0344. The van der Waals surface area contributed by atoms with Crippen molar-refractivity contribution in [1.29, 1.82) is 0 Å². The maximum absolute atomic E-state index is 12.4. The molecule has 0 aromatic heterocycles. The molecule has 1 heterocycles. The summed E-state index contributed by atoms with van der Waals surface area (Å²) < 4.78 is 0. The van der Waals surface area contributed by atoms with E-state index in [2.05, 4.69) is 54.3 Å². The van der Waals surface area contributed by atoms with Crippen LogP contribution in [-0.4, -0.2) is 56.5 Å². The zero-order valence-corrected chi connectivity index (χ0v) is 19.3. The molecule has 1 saturated heterocycles. The number of hydrogen-bond acceptors (Lipinski definition) is 4. The minimum atomic E-state index is -0.252. The van der Waals surface area contributed by atoms with E-state index >= 15 is 0 Å². The fourth-order valence-corrected chi connectivity index (χ4v) is 3.63. The number of aryl methyl sites for hydroxylation is 1. The monoisotopic (exact) mass is 422 g/mol. The quantitative estimate of drug-likeness (QED) is 0.775. The molecule has 31 heavy (non-hydrogen) atoms. The summed E-state index contributed by atoms with van der Waals surface area (Å²) >= 11 is 0. The molecule has 1 aliphatic rings. The van der Waals surface area contributed by atoms with Crippen molar-refractivity contribution in [1.82, 2.24) is 10.2 Å². The molecule has 2 N–H and O–H groups in total. The molecule has 6 nitrogen and oxygen atoms in total. The lowest BCUT2D eigenvalue weighted by Gasteiger charge is -2.34. The Morgan fingerprint density at radius 3 is 2.19 bits per heavy atom. The summed E-state index contributed by atoms with van der Waals surface area (Å²) in [6.07, 6.45) is 0. The Balaban J connectivity index is 1.53. The number of rotatable bonds is 5. The number of carbonyl (C=O) groups is 2. The zero-order valence-electron chi connectivity index (χ0n) is 19.3. The summed E-state index contributed by atoms with van der Waals surface area (Å²) in [5.74, 6) is -0.493. The van der Waals surface area contributed by atoms with E-state index in [4.69, 9.17) is 0 Å². The van der Waals surface area contributed by atoms with Crippen LogP contribution in [0.25, 0.3) is 0 Å². The van der Waals surface area contributed by atoms with Crippen LogP contribution in [-0.2, 0) is 10.2 Å². The largest absolute Gasteiger partial charge is 0.369 e. The van der Waals surface area contributed by atoms with E-state index in [1.807, 2.05) is 31.2 Å². The summed E-state index contributed by atoms with van der Waals surface area (Å²) in [6.45, 7) is 12.4. The smallest absolute Gasteiger partial charge is 0.251 e. The van der Waals surface area contributed by atoms with Gasteiger partial charge in [0.1, 0.15) is 0 Å². The third-order valence-corrected chi connectivity index (χ3v) is 5.78. The zero-order chi connectivity index (χ0) is 22.6. The van der Waals surface area contributed by atoms with Crippen LogP contribution in [0, 0.1) is 6.92 Å². The molecule has 0 aliphatic carbocycles. The van der Waals surface area contributed by atoms with E-state index < -0.39 is 0 Å². The second kappa shape index (κ2) is 9.52. The third-order valence-electron chi connectivity index (χ3n) is 5.78. The molecule has 3 rings (SSSR count). The molecule has 1 fully saturated rings. The van der Waals surface area contributed by atoms with E-state index in [9.17, 15) is 9.59 Å². The van der Waals surface area contributed by atoms with Gasteiger partial charge in [-0.3, -0.25) is 9.59 Å². The van der Waals surface area contributed by atoms with Crippen LogP contribution in [0.2, 0.25) is 0 Å². The molecule has 166 valence electrons. The summed E-state index contributed by atoms with van der Waals surface area (Å²) in [7, 11) is 2.14. The van der Waals surface area contributed by atoms with E-state index in [-0.39, 0.29) is 23.8 Å². The number of likely N-dealkylation sites (N-methyl/N-ethyl adjacent to an activating group) is 1. The van der Waals surface area contributed by atoms with Crippen molar-refractivity contribution in [2.45, 2.75) is 33.1 Å². The van der Waals surface area contributed by atoms with E-state index in [1.54, 1.807) is 12.1 Å². The van der Waals surface area contributed by atoms with Gasteiger partial charge in [0.05, 0.1) is 6.54 Å². The van der Waals surface area contributed by atoms with E-state index in [0.29, 0.717) is 5.56 Å². The van der Waals surface area contributed by atoms with Gasteiger partial charge in [0.2, 0.25) is 5.91 Å². The highest BCUT2D eigenvalue weighted by Crippen LogP contribution is 2.24. The number of nitrogens with one attached hydrogen (secondary N) is 2. The predicted octanol–water partition coefficient (Wildman–Crippen LogP) is 3.41. The number of anilines is 2. The predicted molar refractivity (Wildman–Crippen MR) is 127 cm³/mol. The molecule has 0 atom stereocenters. The van der Waals surface area contributed by atoms with Gasteiger partial charge in [-0.15, -0.1) is 0 Å². The standard InChI is InChI=1S/C25H34N4O2/c1-18-16-21(29-14-12-28(5)13-15-29)10-11-22(18)27-23(30)17-26-24(31)19-6-8-20(9-7-19)25(2,3)4/h6-11,16H,12-15,17H2,1-5H3,(H,26,31)(H,27,30). The maximum Gasteiger partial charge on any atom is 0.251 e. The number of benzene rings is 2. The molecular formula is C25H34N4O2. The normalized spacial score (nSPS) is 14.9. The fourth-order valence-electron chi connectivity index (χ4n) is 3.63. The Morgan fingerprint density at radius 2 is 1.61 bits per heavy atom. The van der Waals surface area contributed by atoms with Crippen molar-refractivity contribution < 1.29 is 9.59 Å². The van der Waals surface area contributed by atoms with Crippen LogP contribution in [0.3, 0.4) is 0 Å². The molecule has 0 bridgehead atoms. The Bertz CT molecular complexity index is 924. The number of amides is 2. The van der Waals surface area contributed by atoms with Crippen molar-refractivity contribution in [3.05, 3.63) is 59.2 Å². The van der Waals surface area contributed by atoms with Crippen molar-refractivity contribution in [3.63, 3.8) is 0 Å². The van der Waals surface area contributed by atoms with E-state index in [1.165, 1.54) is 5.69 Å². The SMILES string of the molecule is Cc1cc(N2CCN(C)CC2)ccc1NC(=O)CNC(=O)c1ccc(C(C)(C)C)cc1.